The molecule has 0 aliphatic carbocycles. The zero-order valence-corrected chi connectivity index (χ0v) is 11.3. The Bertz CT molecular complexity index is 463. The minimum atomic E-state index is -1.06. The van der Waals surface area contributed by atoms with Crippen molar-refractivity contribution in [2.24, 2.45) is 0 Å². The first kappa shape index (κ1) is 14.5. The normalized spacial score (nSPS) is 18.1. The Labute approximate surface area is 117 Å². The zero-order valence-electron chi connectivity index (χ0n) is 11.3. The molecule has 20 heavy (non-hydrogen) atoms. The molecule has 1 heterocycles. The Balaban J connectivity index is 1.61. The summed E-state index contributed by atoms with van der Waals surface area (Å²) in [6, 6.07) is 9.10. The van der Waals surface area contributed by atoms with Gasteiger partial charge in [-0.1, -0.05) is 41.2 Å². The van der Waals surface area contributed by atoms with Gasteiger partial charge in [0, 0.05) is 6.42 Å². The molecule has 1 saturated heterocycles. The van der Waals surface area contributed by atoms with Gasteiger partial charge in [0.15, 0.2) is 11.8 Å². The lowest BCUT2D eigenvalue weighted by Gasteiger charge is -2.09. The second kappa shape index (κ2) is 7.03. The zero-order chi connectivity index (χ0) is 14.4. The van der Waals surface area contributed by atoms with Crippen LogP contribution in [-0.4, -0.2) is 29.6 Å². The van der Waals surface area contributed by atoms with E-state index in [-0.39, 0.29) is 23.9 Å². The maximum Gasteiger partial charge on any atom is 0.439 e. The summed E-state index contributed by atoms with van der Waals surface area (Å²) >= 11 is 0. The van der Waals surface area contributed by atoms with Crippen LogP contribution in [0.4, 0.5) is 9.28 Å². The summed E-state index contributed by atoms with van der Waals surface area (Å²) in [6.45, 7) is -0.168. The fraction of sp³-hybridized carbons (Fsp3) is 0.467. The highest BCUT2D eigenvalue weighted by Gasteiger charge is 2.38. The molecule has 1 atom stereocenters. The van der Waals surface area contributed by atoms with Gasteiger partial charge < -0.3 is 4.74 Å². The summed E-state index contributed by atoms with van der Waals surface area (Å²) in [7, 11) is 0. The average Bonchev–Trinajstić information content (AvgIpc) is 2.80. The van der Waals surface area contributed by atoms with Crippen molar-refractivity contribution in [1.29, 1.82) is 0 Å². The average molecular weight is 279 g/mol. The molecule has 0 radical (unpaired) electrons. The summed E-state index contributed by atoms with van der Waals surface area (Å²) in [4.78, 5) is 22.5. The Morgan fingerprint density at radius 2 is 2.00 bits per heavy atom. The number of nitrogens with zero attached hydrogens (tertiary/aromatic N) is 1. The molecule has 108 valence electrons. The van der Waals surface area contributed by atoms with Gasteiger partial charge in [0.05, 0.1) is 0 Å². The number of ketones is 1. The van der Waals surface area contributed by atoms with E-state index in [1.807, 2.05) is 18.2 Å². The second-order valence-corrected chi connectivity index (χ2v) is 4.92. The molecular weight excluding hydrogens is 261 g/mol. The van der Waals surface area contributed by atoms with Gasteiger partial charge in [-0.05, 0) is 24.8 Å². The highest BCUT2D eigenvalue weighted by atomic mass is 19.2. The van der Waals surface area contributed by atoms with E-state index < -0.39 is 12.1 Å². The summed E-state index contributed by atoms with van der Waals surface area (Å²) < 4.78 is 17.6. The molecular formula is C15H18FNO3. The predicted octanol–water partition coefficient (Wildman–Crippen LogP) is 3.06. The van der Waals surface area contributed by atoms with Crippen molar-refractivity contribution in [3.8, 4) is 0 Å². The number of unbranched alkanes of at least 4 members (excludes halogenated alkanes) is 2. The van der Waals surface area contributed by atoms with Crippen molar-refractivity contribution in [2.45, 2.75) is 38.1 Å². The lowest BCUT2D eigenvalue weighted by molar-refractivity contribution is -0.126. The fourth-order valence-electron chi connectivity index (χ4n) is 2.24. The second-order valence-electron chi connectivity index (χ2n) is 4.92. The molecule has 4 nitrogen and oxygen atoms in total. The molecule has 1 fully saturated rings. The Kier molecular flexibility index (Phi) is 5.09. The molecule has 1 aromatic rings. The van der Waals surface area contributed by atoms with E-state index in [1.165, 1.54) is 5.56 Å². The number of cyclic esters (lactones) is 1. The van der Waals surface area contributed by atoms with Gasteiger partial charge in [-0.15, -0.1) is 5.12 Å². The first-order chi connectivity index (χ1) is 9.68. The third-order valence-corrected chi connectivity index (χ3v) is 3.42. The molecule has 1 aliphatic rings. The van der Waals surface area contributed by atoms with Gasteiger partial charge >= 0.3 is 6.09 Å². The van der Waals surface area contributed by atoms with Crippen LogP contribution in [0.25, 0.3) is 0 Å². The van der Waals surface area contributed by atoms with Gasteiger partial charge in [0.1, 0.15) is 6.61 Å². The molecule has 0 N–H and O–H groups in total. The van der Waals surface area contributed by atoms with E-state index in [1.54, 1.807) is 0 Å². The minimum Gasteiger partial charge on any atom is -0.445 e. The number of carbonyl (C=O) groups is 2. The number of Topliss-reactive ketones (excluding diaryl/α,β-unsaturated/α-hetero) is 1. The number of hydrogen-bond donors (Lipinski definition) is 0. The number of hydrogen-bond acceptors (Lipinski definition) is 3. The van der Waals surface area contributed by atoms with Crippen LogP contribution in [0, 0.1) is 0 Å². The summed E-state index contributed by atoms with van der Waals surface area (Å²) in [5.41, 5.74) is 1.28. The van der Waals surface area contributed by atoms with Crippen molar-refractivity contribution in [3.05, 3.63) is 35.9 Å². The SMILES string of the molecule is O=C(CCCCCc1ccccc1)C1COC(=O)N1F. The molecule has 0 saturated carbocycles. The monoisotopic (exact) mass is 279 g/mol. The van der Waals surface area contributed by atoms with E-state index >= 15 is 0 Å². The van der Waals surface area contributed by atoms with Crippen LogP contribution >= 0.6 is 0 Å². The number of halogens is 1. The molecule has 5 heteroatoms. The van der Waals surface area contributed by atoms with Crippen molar-refractivity contribution in [3.63, 3.8) is 0 Å². The van der Waals surface area contributed by atoms with Gasteiger partial charge in [0.2, 0.25) is 0 Å². The van der Waals surface area contributed by atoms with E-state index in [0.29, 0.717) is 6.42 Å². The van der Waals surface area contributed by atoms with Crippen molar-refractivity contribution in [1.82, 2.24) is 5.12 Å². The molecule has 1 amide bonds. The third kappa shape index (κ3) is 3.79. The molecule has 1 aromatic carbocycles. The summed E-state index contributed by atoms with van der Waals surface area (Å²) in [5, 5.41) is -0.105. The molecule has 2 rings (SSSR count). The lowest BCUT2D eigenvalue weighted by Crippen LogP contribution is -2.33. The van der Waals surface area contributed by atoms with Crippen molar-refractivity contribution >= 4 is 11.9 Å². The summed E-state index contributed by atoms with van der Waals surface area (Å²) in [5.74, 6) is -0.266. The van der Waals surface area contributed by atoms with Crippen LogP contribution < -0.4 is 0 Å². The van der Waals surface area contributed by atoms with Gasteiger partial charge in [0.25, 0.3) is 0 Å². The molecule has 1 unspecified atom stereocenters. The maximum absolute atomic E-state index is 13.2. The Morgan fingerprint density at radius 1 is 1.25 bits per heavy atom. The number of ether oxygens (including phenoxy) is 1. The predicted molar refractivity (Wildman–Crippen MR) is 71.7 cm³/mol. The smallest absolute Gasteiger partial charge is 0.439 e. The highest BCUT2D eigenvalue weighted by Crippen LogP contribution is 2.16. The van der Waals surface area contributed by atoms with Crippen molar-refractivity contribution in [2.75, 3.05) is 6.61 Å². The highest BCUT2D eigenvalue weighted by molar-refractivity contribution is 5.88. The quantitative estimate of drug-likeness (QED) is 0.569. The fourth-order valence-corrected chi connectivity index (χ4v) is 2.24. The van der Waals surface area contributed by atoms with Crippen molar-refractivity contribution < 1.29 is 18.8 Å². The van der Waals surface area contributed by atoms with Gasteiger partial charge in [-0.25, -0.2) is 4.79 Å². The van der Waals surface area contributed by atoms with Crippen LogP contribution in [0.1, 0.15) is 31.2 Å². The molecule has 0 spiro atoms. The number of aryl methyl sites for hydroxylation is 1. The maximum atomic E-state index is 13.2. The van der Waals surface area contributed by atoms with Gasteiger partial charge in [-0.2, -0.15) is 0 Å². The van der Waals surface area contributed by atoms with E-state index in [4.69, 9.17) is 0 Å². The van der Waals surface area contributed by atoms with Crippen LogP contribution in [0.5, 0.6) is 0 Å². The molecule has 0 aromatic heterocycles. The van der Waals surface area contributed by atoms with E-state index in [9.17, 15) is 14.1 Å². The lowest BCUT2D eigenvalue weighted by atomic mass is 10.0. The first-order valence-electron chi connectivity index (χ1n) is 6.87. The van der Waals surface area contributed by atoms with E-state index in [2.05, 4.69) is 16.9 Å². The largest absolute Gasteiger partial charge is 0.445 e. The first-order valence-corrected chi connectivity index (χ1v) is 6.87. The topological polar surface area (TPSA) is 46.6 Å². The number of rotatable bonds is 7. The van der Waals surface area contributed by atoms with Gasteiger partial charge in [-0.3, -0.25) is 4.79 Å². The minimum absolute atomic E-state index is 0.105. The standard InChI is InChI=1S/C15H18FNO3/c16-17-13(11-20-15(17)19)14(18)10-6-2-5-9-12-7-3-1-4-8-12/h1,3-4,7-8,13H,2,5-6,9-11H2. The van der Waals surface area contributed by atoms with E-state index in [0.717, 1.165) is 19.3 Å². The Hall–Kier alpha value is -1.91. The third-order valence-electron chi connectivity index (χ3n) is 3.42. The molecule has 1 aliphatic heterocycles. The Morgan fingerprint density at radius 3 is 2.65 bits per heavy atom. The number of carbonyl (C=O) groups excluding carboxylic acids is 2. The van der Waals surface area contributed by atoms with Crippen LogP contribution in [-0.2, 0) is 16.0 Å². The molecule has 0 bridgehead atoms. The number of benzene rings is 1. The number of amides is 1. The summed E-state index contributed by atoms with van der Waals surface area (Å²) in [6.07, 6.45) is 2.83. The van der Waals surface area contributed by atoms with Crippen LogP contribution in [0.2, 0.25) is 0 Å². The van der Waals surface area contributed by atoms with Crippen LogP contribution in [0.3, 0.4) is 0 Å². The van der Waals surface area contributed by atoms with Crippen LogP contribution in [0.15, 0.2) is 30.3 Å².